The van der Waals surface area contributed by atoms with Crippen molar-refractivity contribution in [1.29, 1.82) is 0 Å². The van der Waals surface area contributed by atoms with Gasteiger partial charge in [-0.2, -0.15) is 0 Å². The summed E-state index contributed by atoms with van der Waals surface area (Å²) in [4.78, 5) is 6.78. The molecule has 0 fully saturated rings. The van der Waals surface area contributed by atoms with E-state index in [1.807, 2.05) is 48.5 Å². The van der Waals surface area contributed by atoms with E-state index in [0.717, 1.165) is 24.2 Å². The summed E-state index contributed by atoms with van der Waals surface area (Å²) in [5, 5.41) is 9.23. The SMILES string of the molecule is OOC1c2ccccc2CCN1c1ccccc1. The molecule has 0 bridgehead atoms. The van der Waals surface area contributed by atoms with E-state index >= 15 is 0 Å². The normalized spacial score (nSPS) is 18.5. The summed E-state index contributed by atoms with van der Waals surface area (Å²) in [6.07, 6.45) is 0.544. The van der Waals surface area contributed by atoms with Crippen LogP contribution in [0.4, 0.5) is 5.69 Å². The molecule has 0 saturated heterocycles. The summed E-state index contributed by atoms with van der Waals surface area (Å²) < 4.78 is 0. The molecule has 1 heterocycles. The topological polar surface area (TPSA) is 32.7 Å². The van der Waals surface area contributed by atoms with Crippen molar-refractivity contribution in [2.75, 3.05) is 11.4 Å². The number of rotatable bonds is 2. The monoisotopic (exact) mass is 241 g/mol. The molecule has 1 N–H and O–H groups in total. The lowest BCUT2D eigenvalue weighted by molar-refractivity contribution is -0.282. The Hall–Kier alpha value is -1.84. The smallest absolute Gasteiger partial charge is 0.190 e. The Morgan fingerprint density at radius 2 is 1.72 bits per heavy atom. The van der Waals surface area contributed by atoms with E-state index in [4.69, 9.17) is 4.89 Å². The second-order valence-electron chi connectivity index (χ2n) is 4.44. The van der Waals surface area contributed by atoms with E-state index < -0.39 is 6.23 Å². The zero-order valence-electron chi connectivity index (χ0n) is 9.99. The molecule has 2 aromatic rings. The van der Waals surface area contributed by atoms with Gasteiger partial charge in [-0.3, -0.25) is 0 Å². The van der Waals surface area contributed by atoms with Gasteiger partial charge in [0.25, 0.3) is 0 Å². The third-order valence-corrected chi connectivity index (χ3v) is 3.41. The van der Waals surface area contributed by atoms with Gasteiger partial charge < -0.3 is 4.90 Å². The molecule has 1 aliphatic heterocycles. The van der Waals surface area contributed by atoms with Crippen molar-refractivity contribution < 1.29 is 10.1 Å². The fourth-order valence-corrected chi connectivity index (χ4v) is 2.53. The molecule has 3 nitrogen and oxygen atoms in total. The van der Waals surface area contributed by atoms with Gasteiger partial charge in [0, 0.05) is 17.8 Å². The van der Waals surface area contributed by atoms with Crippen molar-refractivity contribution in [2.45, 2.75) is 12.6 Å². The second kappa shape index (κ2) is 4.80. The molecule has 0 spiro atoms. The molecule has 18 heavy (non-hydrogen) atoms. The van der Waals surface area contributed by atoms with Gasteiger partial charge in [0.1, 0.15) is 0 Å². The molecule has 92 valence electrons. The summed E-state index contributed by atoms with van der Waals surface area (Å²) in [5.74, 6) is 0. The Morgan fingerprint density at radius 3 is 2.50 bits per heavy atom. The highest BCUT2D eigenvalue weighted by Gasteiger charge is 2.28. The molecule has 0 aromatic heterocycles. The van der Waals surface area contributed by atoms with Crippen LogP contribution in [-0.2, 0) is 11.3 Å². The van der Waals surface area contributed by atoms with Gasteiger partial charge in [0.15, 0.2) is 6.23 Å². The molecule has 1 atom stereocenters. The van der Waals surface area contributed by atoms with Gasteiger partial charge in [-0.25, -0.2) is 10.1 Å². The van der Waals surface area contributed by atoms with E-state index in [0.29, 0.717) is 0 Å². The Bertz CT molecular complexity index is 527. The number of hydrogen-bond donors (Lipinski definition) is 1. The standard InChI is InChI=1S/C15H15NO2/c17-18-15-14-9-5-4-6-12(14)10-11-16(15)13-7-2-1-3-8-13/h1-9,15,17H,10-11H2. The third kappa shape index (κ3) is 1.88. The maximum atomic E-state index is 9.23. The van der Waals surface area contributed by atoms with E-state index in [-0.39, 0.29) is 0 Å². The first-order valence-electron chi connectivity index (χ1n) is 6.10. The summed E-state index contributed by atoms with van der Waals surface area (Å²) in [6, 6.07) is 18.1. The van der Waals surface area contributed by atoms with Gasteiger partial charge in [-0.05, 0) is 24.1 Å². The van der Waals surface area contributed by atoms with Crippen LogP contribution < -0.4 is 4.90 Å². The molecular formula is C15H15NO2. The van der Waals surface area contributed by atoms with Crippen LogP contribution in [0.5, 0.6) is 0 Å². The van der Waals surface area contributed by atoms with Gasteiger partial charge in [-0.15, -0.1) is 0 Å². The predicted octanol–water partition coefficient (Wildman–Crippen LogP) is 3.24. The fraction of sp³-hybridized carbons (Fsp3) is 0.200. The van der Waals surface area contributed by atoms with Crippen LogP contribution in [-0.4, -0.2) is 11.8 Å². The van der Waals surface area contributed by atoms with E-state index in [1.165, 1.54) is 5.56 Å². The summed E-state index contributed by atoms with van der Waals surface area (Å²) >= 11 is 0. The minimum absolute atomic E-state index is 0.419. The second-order valence-corrected chi connectivity index (χ2v) is 4.44. The molecule has 0 radical (unpaired) electrons. The minimum Gasteiger partial charge on any atom is -0.340 e. The van der Waals surface area contributed by atoms with Gasteiger partial charge in [-0.1, -0.05) is 42.5 Å². The van der Waals surface area contributed by atoms with Crippen molar-refractivity contribution in [3.05, 3.63) is 65.7 Å². The average Bonchev–Trinajstić information content (AvgIpc) is 2.47. The number of para-hydroxylation sites is 1. The Labute approximate surface area is 106 Å². The maximum Gasteiger partial charge on any atom is 0.190 e. The first-order valence-corrected chi connectivity index (χ1v) is 6.10. The van der Waals surface area contributed by atoms with E-state index in [9.17, 15) is 5.26 Å². The average molecular weight is 241 g/mol. The van der Waals surface area contributed by atoms with Crippen LogP contribution in [0.2, 0.25) is 0 Å². The quantitative estimate of drug-likeness (QED) is 0.647. The third-order valence-electron chi connectivity index (χ3n) is 3.41. The number of fused-ring (bicyclic) bond motifs is 1. The first-order chi connectivity index (χ1) is 8.90. The summed E-state index contributed by atoms with van der Waals surface area (Å²) in [7, 11) is 0. The van der Waals surface area contributed by atoms with E-state index in [2.05, 4.69) is 11.0 Å². The minimum atomic E-state index is -0.419. The number of benzene rings is 2. The van der Waals surface area contributed by atoms with Crippen LogP contribution in [0.3, 0.4) is 0 Å². The lowest BCUT2D eigenvalue weighted by atomic mass is 9.98. The predicted molar refractivity (Wildman–Crippen MR) is 70.4 cm³/mol. The number of anilines is 1. The van der Waals surface area contributed by atoms with E-state index in [1.54, 1.807) is 0 Å². The molecule has 0 saturated carbocycles. The van der Waals surface area contributed by atoms with Crippen molar-refractivity contribution >= 4 is 5.69 Å². The van der Waals surface area contributed by atoms with Crippen molar-refractivity contribution in [3.63, 3.8) is 0 Å². The molecular weight excluding hydrogens is 226 g/mol. The van der Waals surface area contributed by atoms with Crippen LogP contribution in [0.1, 0.15) is 17.4 Å². The number of nitrogens with zero attached hydrogens (tertiary/aromatic N) is 1. The molecule has 3 heteroatoms. The van der Waals surface area contributed by atoms with Crippen LogP contribution >= 0.6 is 0 Å². The maximum absolute atomic E-state index is 9.23. The first kappa shape index (κ1) is 11.3. The molecule has 3 rings (SSSR count). The lowest BCUT2D eigenvalue weighted by Gasteiger charge is -2.36. The molecule has 1 aliphatic rings. The van der Waals surface area contributed by atoms with Crippen LogP contribution in [0.15, 0.2) is 54.6 Å². The van der Waals surface area contributed by atoms with Gasteiger partial charge in [0.2, 0.25) is 0 Å². The highest BCUT2D eigenvalue weighted by molar-refractivity contribution is 5.51. The number of hydrogen-bond acceptors (Lipinski definition) is 3. The molecule has 2 aromatic carbocycles. The molecule has 0 amide bonds. The zero-order valence-corrected chi connectivity index (χ0v) is 9.99. The van der Waals surface area contributed by atoms with Gasteiger partial charge in [0.05, 0.1) is 0 Å². The van der Waals surface area contributed by atoms with Crippen molar-refractivity contribution in [1.82, 2.24) is 0 Å². The molecule has 0 aliphatic carbocycles. The highest BCUT2D eigenvalue weighted by Crippen LogP contribution is 2.33. The Kier molecular flexibility index (Phi) is 3.00. The largest absolute Gasteiger partial charge is 0.340 e. The van der Waals surface area contributed by atoms with Crippen LogP contribution in [0, 0.1) is 0 Å². The lowest BCUT2D eigenvalue weighted by Crippen LogP contribution is -2.36. The molecule has 1 unspecified atom stereocenters. The zero-order chi connectivity index (χ0) is 12.4. The Morgan fingerprint density at radius 1 is 1.00 bits per heavy atom. The van der Waals surface area contributed by atoms with Crippen molar-refractivity contribution in [2.24, 2.45) is 0 Å². The fourth-order valence-electron chi connectivity index (χ4n) is 2.53. The summed E-state index contributed by atoms with van der Waals surface area (Å²) in [5.41, 5.74) is 3.34. The summed E-state index contributed by atoms with van der Waals surface area (Å²) in [6.45, 7) is 0.840. The Balaban J connectivity index is 2.00. The van der Waals surface area contributed by atoms with Crippen LogP contribution in [0.25, 0.3) is 0 Å². The highest BCUT2D eigenvalue weighted by atomic mass is 17.1. The van der Waals surface area contributed by atoms with Crippen molar-refractivity contribution in [3.8, 4) is 0 Å². The van der Waals surface area contributed by atoms with Gasteiger partial charge >= 0.3 is 0 Å².